The lowest BCUT2D eigenvalue weighted by Crippen LogP contribution is -2.29. The van der Waals surface area contributed by atoms with E-state index in [0.29, 0.717) is 0 Å². The summed E-state index contributed by atoms with van der Waals surface area (Å²) in [5.41, 5.74) is 26.0. The summed E-state index contributed by atoms with van der Waals surface area (Å²) in [6.45, 7) is 4.72. The van der Waals surface area contributed by atoms with E-state index in [1.54, 1.807) is 0 Å². The Morgan fingerprint density at radius 3 is 1.18 bits per heavy atom. The van der Waals surface area contributed by atoms with Crippen LogP contribution in [0.1, 0.15) is 47.2 Å². The van der Waals surface area contributed by atoms with E-state index in [9.17, 15) is 0 Å². The van der Waals surface area contributed by atoms with Gasteiger partial charge in [-0.2, -0.15) is 0 Å². The predicted molar refractivity (Wildman–Crippen MR) is 271 cm³/mol. The Hall–Kier alpha value is -8.00. The van der Waals surface area contributed by atoms with Gasteiger partial charge in [-0.25, -0.2) is 0 Å². The molecule has 0 aliphatic heterocycles. The molecule has 65 heavy (non-hydrogen) atoms. The molecule has 0 aromatic heterocycles. The van der Waals surface area contributed by atoms with Gasteiger partial charge in [0, 0.05) is 22.5 Å². The van der Waals surface area contributed by atoms with Crippen LogP contribution in [0, 0.1) is 0 Å². The summed E-state index contributed by atoms with van der Waals surface area (Å²) >= 11 is 0. The lowest BCUT2D eigenvalue weighted by atomic mass is 9.66. The third-order valence-corrected chi connectivity index (χ3v) is 14.7. The second kappa shape index (κ2) is 14.3. The average Bonchev–Trinajstić information content (AvgIpc) is 3.75. The summed E-state index contributed by atoms with van der Waals surface area (Å²) in [5.74, 6) is 0. The van der Waals surface area contributed by atoms with Gasteiger partial charge in [-0.15, -0.1) is 0 Å². The van der Waals surface area contributed by atoms with E-state index in [4.69, 9.17) is 0 Å². The normalized spacial score (nSPS) is 13.9. The van der Waals surface area contributed by atoms with Crippen LogP contribution in [-0.4, -0.2) is 0 Å². The van der Waals surface area contributed by atoms with Crippen molar-refractivity contribution in [2.75, 3.05) is 4.90 Å². The molecule has 10 aromatic rings. The SMILES string of the molecule is CC1(C)c2ccccc2-c2ccc(N(c3ccc(-c4ccccc4)cc3)c3ccc(-c4ccc5c(c4)-c4ccccc4-c4ccccc4C54c5ccccc5-c5ccccc54)cc3)cc21. The molecule has 0 saturated carbocycles. The lowest BCUT2D eigenvalue weighted by molar-refractivity contribution is 0.660. The first-order chi connectivity index (χ1) is 32.0. The Bertz CT molecular complexity index is 3460. The van der Waals surface area contributed by atoms with Gasteiger partial charge < -0.3 is 4.90 Å². The summed E-state index contributed by atoms with van der Waals surface area (Å²) in [4.78, 5) is 2.42. The standard InChI is InChI=1S/C64H45N/c1-63(2)57-24-12-8-21-52(57)55-38-37-48(41-62(55)63)65(46-33-28-43(29-34-46)42-16-4-3-5-17-42)47-35-30-44(31-36-47)45-32-39-61-56(40-45)50-19-7-6-18-49(50)51-20-9-13-25-58(51)64(61)59-26-14-10-22-53(59)54-23-11-15-27-60(54)64/h3-41H,1-2H3. The largest absolute Gasteiger partial charge is 0.310 e. The zero-order valence-corrected chi connectivity index (χ0v) is 36.5. The Labute approximate surface area is 381 Å². The van der Waals surface area contributed by atoms with Crippen molar-refractivity contribution in [3.63, 3.8) is 0 Å². The summed E-state index contributed by atoms with van der Waals surface area (Å²) < 4.78 is 0. The average molecular weight is 828 g/mol. The molecule has 0 saturated heterocycles. The van der Waals surface area contributed by atoms with Crippen molar-refractivity contribution >= 4 is 17.1 Å². The quantitative estimate of drug-likeness (QED) is 0.167. The van der Waals surface area contributed by atoms with Gasteiger partial charge >= 0.3 is 0 Å². The van der Waals surface area contributed by atoms with Crippen molar-refractivity contribution in [2.24, 2.45) is 0 Å². The van der Waals surface area contributed by atoms with E-state index < -0.39 is 5.41 Å². The third-order valence-electron chi connectivity index (χ3n) is 14.7. The van der Waals surface area contributed by atoms with E-state index in [2.05, 4.69) is 255 Å². The Kier molecular flexibility index (Phi) is 8.24. The highest BCUT2D eigenvalue weighted by Crippen LogP contribution is 2.61. The summed E-state index contributed by atoms with van der Waals surface area (Å²) in [6.07, 6.45) is 0. The Balaban J connectivity index is 0.962. The highest BCUT2D eigenvalue weighted by molar-refractivity contribution is 5.98. The van der Waals surface area contributed by atoms with Gasteiger partial charge in [0.25, 0.3) is 0 Å². The molecule has 0 radical (unpaired) electrons. The van der Waals surface area contributed by atoms with E-state index in [0.717, 1.165) is 17.1 Å². The maximum atomic E-state index is 2.46. The fraction of sp³-hybridized carbons (Fsp3) is 0.0625. The summed E-state index contributed by atoms with van der Waals surface area (Å²) in [5, 5.41) is 0. The number of rotatable bonds is 5. The van der Waals surface area contributed by atoms with E-state index >= 15 is 0 Å². The van der Waals surface area contributed by atoms with Crippen LogP contribution in [0.4, 0.5) is 17.1 Å². The minimum absolute atomic E-state index is 0.110. The third kappa shape index (κ3) is 5.46. The maximum absolute atomic E-state index is 2.46. The van der Waals surface area contributed by atoms with Crippen LogP contribution in [0.3, 0.4) is 0 Å². The monoisotopic (exact) mass is 827 g/mol. The van der Waals surface area contributed by atoms with Crippen LogP contribution in [0.2, 0.25) is 0 Å². The van der Waals surface area contributed by atoms with Crippen LogP contribution >= 0.6 is 0 Å². The second-order valence-electron chi connectivity index (χ2n) is 18.4. The maximum Gasteiger partial charge on any atom is 0.0725 e. The van der Waals surface area contributed by atoms with E-state index in [1.165, 1.54) is 100 Å². The number of nitrogens with zero attached hydrogens (tertiary/aromatic N) is 1. The summed E-state index contributed by atoms with van der Waals surface area (Å²) in [6, 6.07) is 88.3. The van der Waals surface area contributed by atoms with Gasteiger partial charge in [-0.1, -0.05) is 208 Å². The molecule has 1 heteroatoms. The molecule has 0 unspecified atom stereocenters. The Morgan fingerprint density at radius 2 is 0.615 bits per heavy atom. The fourth-order valence-corrected chi connectivity index (χ4v) is 11.7. The first-order valence-corrected chi connectivity index (χ1v) is 22.8. The number of hydrogen-bond acceptors (Lipinski definition) is 1. The van der Waals surface area contributed by atoms with Gasteiger partial charge in [-0.05, 0) is 143 Å². The summed E-state index contributed by atoms with van der Waals surface area (Å²) in [7, 11) is 0. The number of anilines is 3. The second-order valence-corrected chi connectivity index (χ2v) is 18.4. The van der Waals surface area contributed by atoms with Crippen molar-refractivity contribution in [1.82, 2.24) is 0 Å². The zero-order valence-electron chi connectivity index (χ0n) is 36.5. The highest BCUT2D eigenvalue weighted by Gasteiger charge is 2.49. The molecule has 0 fully saturated rings. The molecule has 0 N–H and O–H groups in total. The molecule has 0 amide bonds. The number of benzene rings is 10. The number of hydrogen-bond donors (Lipinski definition) is 0. The molecular weight excluding hydrogens is 783 g/mol. The van der Waals surface area contributed by atoms with Crippen LogP contribution < -0.4 is 4.90 Å². The molecule has 1 nitrogen and oxygen atoms in total. The van der Waals surface area contributed by atoms with Crippen molar-refractivity contribution in [2.45, 2.75) is 24.7 Å². The molecule has 0 atom stereocenters. The van der Waals surface area contributed by atoms with E-state index in [1.807, 2.05) is 0 Å². The predicted octanol–water partition coefficient (Wildman–Crippen LogP) is 16.8. The smallest absolute Gasteiger partial charge is 0.0725 e. The number of fused-ring (bicyclic) bond motifs is 15. The van der Waals surface area contributed by atoms with Gasteiger partial charge in [0.1, 0.15) is 0 Å². The molecule has 1 spiro atoms. The van der Waals surface area contributed by atoms with E-state index in [-0.39, 0.29) is 5.41 Å². The molecule has 13 rings (SSSR count). The van der Waals surface area contributed by atoms with Crippen LogP contribution in [0.15, 0.2) is 237 Å². The fourth-order valence-electron chi connectivity index (χ4n) is 11.7. The molecular formula is C64H45N. The van der Waals surface area contributed by atoms with Gasteiger partial charge in [0.2, 0.25) is 0 Å². The van der Waals surface area contributed by atoms with Crippen molar-refractivity contribution in [3.8, 4) is 66.8 Å². The van der Waals surface area contributed by atoms with Crippen molar-refractivity contribution in [1.29, 1.82) is 0 Å². The molecule has 0 heterocycles. The van der Waals surface area contributed by atoms with Crippen molar-refractivity contribution < 1.29 is 0 Å². The van der Waals surface area contributed by atoms with Crippen LogP contribution in [-0.2, 0) is 10.8 Å². The molecule has 3 aliphatic rings. The molecule has 3 aliphatic carbocycles. The lowest BCUT2D eigenvalue weighted by Gasteiger charge is -2.35. The van der Waals surface area contributed by atoms with Gasteiger partial charge in [0.15, 0.2) is 0 Å². The van der Waals surface area contributed by atoms with Gasteiger partial charge in [0.05, 0.1) is 5.41 Å². The first-order valence-electron chi connectivity index (χ1n) is 22.8. The molecule has 10 aromatic carbocycles. The van der Waals surface area contributed by atoms with Crippen LogP contribution in [0.25, 0.3) is 66.8 Å². The highest BCUT2D eigenvalue weighted by atomic mass is 15.1. The van der Waals surface area contributed by atoms with Gasteiger partial charge in [-0.3, -0.25) is 0 Å². The molecule has 306 valence electrons. The minimum atomic E-state index is -0.483. The van der Waals surface area contributed by atoms with Crippen LogP contribution in [0.5, 0.6) is 0 Å². The minimum Gasteiger partial charge on any atom is -0.310 e. The zero-order chi connectivity index (χ0) is 43.3. The topological polar surface area (TPSA) is 3.24 Å². The van der Waals surface area contributed by atoms with Crippen molar-refractivity contribution in [3.05, 3.63) is 270 Å². The molecule has 0 bridgehead atoms. The Morgan fingerprint density at radius 1 is 0.246 bits per heavy atom. The first kappa shape index (κ1) is 37.5.